The van der Waals surface area contributed by atoms with Gasteiger partial charge < -0.3 is 14.6 Å². The summed E-state index contributed by atoms with van der Waals surface area (Å²) in [5.41, 5.74) is 2.25. The van der Waals surface area contributed by atoms with Crippen LogP contribution in [0.1, 0.15) is 23.4 Å². The second-order valence-corrected chi connectivity index (χ2v) is 4.07. The average molecular weight is 210 g/mol. The molecule has 0 aromatic carbocycles. The number of nitrogens with one attached hydrogen (secondary N) is 1. The number of hydrogen-bond donors (Lipinski definition) is 1. The molecule has 1 fully saturated rings. The Balaban J connectivity index is 1.77. The molecule has 0 radical (unpaired) electrons. The first-order valence-corrected chi connectivity index (χ1v) is 5.50. The molecule has 1 aromatic heterocycles. The highest BCUT2D eigenvalue weighted by atomic mass is 16.5. The molecule has 1 aliphatic heterocycles. The fraction of sp³-hybridized carbons (Fsp3) is 0.727. The summed E-state index contributed by atoms with van der Waals surface area (Å²) >= 11 is 0. The smallest absolute Gasteiger partial charge is 0.137 e. The predicted octanol–water partition coefficient (Wildman–Crippen LogP) is 1.21. The van der Waals surface area contributed by atoms with E-state index in [-0.39, 0.29) is 0 Å². The van der Waals surface area contributed by atoms with E-state index in [1.54, 1.807) is 0 Å². The van der Waals surface area contributed by atoms with Crippen LogP contribution in [0, 0.1) is 13.8 Å². The van der Waals surface area contributed by atoms with Crippen molar-refractivity contribution < 1.29 is 9.26 Å². The molecule has 1 unspecified atom stereocenters. The lowest BCUT2D eigenvalue weighted by atomic mass is 10.1. The van der Waals surface area contributed by atoms with Gasteiger partial charge in [0.2, 0.25) is 0 Å². The molecular formula is C11H18N2O2. The fourth-order valence-corrected chi connectivity index (χ4v) is 1.96. The first kappa shape index (κ1) is 10.6. The summed E-state index contributed by atoms with van der Waals surface area (Å²) in [6, 6.07) is 0.533. The van der Waals surface area contributed by atoms with Crippen molar-refractivity contribution in [1.82, 2.24) is 10.5 Å². The maximum atomic E-state index is 5.30. The van der Waals surface area contributed by atoms with Crippen molar-refractivity contribution in [3.05, 3.63) is 17.0 Å². The monoisotopic (exact) mass is 210 g/mol. The third kappa shape index (κ3) is 2.58. The van der Waals surface area contributed by atoms with E-state index in [1.807, 2.05) is 13.8 Å². The van der Waals surface area contributed by atoms with Crippen LogP contribution in [-0.4, -0.2) is 31.0 Å². The van der Waals surface area contributed by atoms with Gasteiger partial charge in [0, 0.05) is 18.2 Å². The normalized spacial score (nSPS) is 21.1. The van der Waals surface area contributed by atoms with Gasteiger partial charge in [-0.2, -0.15) is 0 Å². The van der Waals surface area contributed by atoms with Crippen molar-refractivity contribution in [1.29, 1.82) is 0 Å². The maximum Gasteiger partial charge on any atom is 0.137 e. The largest absolute Gasteiger partial charge is 0.380 e. The van der Waals surface area contributed by atoms with Crippen molar-refractivity contribution >= 4 is 0 Å². The topological polar surface area (TPSA) is 47.3 Å². The van der Waals surface area contributed by atoms with E-state index in [4.69, 9.17) is 9.26 Å². The van der Waals surface area contributed by atoms with Crippen molar-refractivity contribution in [2.75, 3.05) is 19.8 Å². The molecule has 1 aromatic rings. The fourth-order valence-electron chi connectivity index (χ4n) is 1.96. The van der Waals surface area contributed by atoms with Gasteiger partial charge in [0.15, 0.2) is 0 Å². The summed E-state index contributed by atoms with van der Waals surface area (Å²) in [5, 5.41) is 7.42. The Morgan fingerprint density at radius 2 is 2.33 bits per heavy atom. The second kappa shape index (κ2) is 4.77. The Labute approximate surface area is 90.0 Å². The second-order valence-electron chi connectivity index (χ2n) is 4.07. The van der Waals surface area contributed by atoms with Crippen LogP contribution >= 0.6 is 0 Å². The first-order valence-electron chi connectivity index (χ1n) is 5.50. The van der Waals surface area contributed by atoms with Gasteiger partial charge >= 0.3 is 0 Å². The summed E-state index contributed by atoms with van der Waals surface area (Å²) in [5.74, 6) is 0.942. The van der Waals surface area contributed by atoms with Crippen LogP contribution in [-0.2, 0) is 11.2 Å². The molecule has 84 valence electrons. The lowest BCUT2D eigenvalue weighted by molar-refractivity contribution is 0.190. The van der Waals surface area contributed by atoms with Crippen molar-refractivity contribution in [2.45, 2.75) is 32.7 Å². The summed E-state index contributed by atoms with van der Waals surface area (Å²) in [4.78, 5) is 0. The highest BCUT2D eigenvalue weighted by molar-refractivity contribution is 5.20. The van der Waals surface area contributed by atoms with Gasteiger partial charge in [-0.25, -0.2) is 0 Å². The third-order valence-corrected chi connectivity index (χ3v) is 2.92. The van der Waals surface area contributed by atoms with Crippen molar-refractivity contribution in [3.8, 4) is 0 Å². The number of ether oxygens (including phenoxy) is 1. The average Bonchev–Trinajstić information content (AvgIpc) is 2.82. The van der Waals surface area contributed by atoms with Crippen LogP contribution in [0.2, 0.25) is 0 Å². The zero-order chi connectivity index (χ0) is 10.7. The van der Waals surface area contributed by atoms with Crippen LogP contribution in [0.15, 0.2) is 4.52 Å². The minimum Gasteiger partial charge on any atom is -0.380 e. The molecular weight excluding hydrogens is 192 g/mol. The summed E-state index contributed by atoms with van der Waals surface area (Å²) in [7, 11) is 0. The van der Waals surface area contributed by atoms with E-state index in [9.17, 15) is 0 Å². The maximum absolute atomic E-state index is 5.30. The van der Waals surface area contributed by atoms with Gasteiger partial charge in [-0.3, -0.25) is 0 Å². The Morgan fingerprint density at radius 1 is 1.47 bits per heavy atom. The molecule has 15 heavy (non-hydrogen) atoms. The van der Waals surface area contributed by atoms with Crippen molar-refractivity contribution in [2.24, 2.45) is 0 Å². The predicted molar refractivity (Wildman–Crippen MR) is 56.9 cm³/mol. The summed E-state index contributed by atoms with van der Waals surface area (Å²) in [6.07, 6.45) is 2.11. The molecule has 4 heteroatoms. The van der Waals surface area contributed by atoms with Crippen LogP contribution in [0.4, 0.5) is 0 Å². The number of aryl methyl sites for hydroxylation is 2. The quantitative estimate of drug-likeness (QED) is 0.811. The van der Waals surface area contributed by atoms with Crippen LogP contribution in [0.5, 0.6) is 0 Å². The summed E-state index contributed by atoms with van der Waals surface area (Å²) in [6.45, 7) is 6.67. The minimum atomic E-state index is 0.533. The van der Waals surface area contributed by atoms with E-state index < -0.39 is 0 Å². The molecule has 0 bridgehead atoms. The third-order valence-electron chi connectivity index (χ3n) is 2.92. The van der Waals surface area contributed by atoms with Crippen LogP contribution in [0.3, 0.4) is 0 Å². The first-order chi connectivity index (χ1) is 7.27. The zero-order valence-electron chi connectivity index (χ0n) is 9.38. The van der Waals surface area contributed by atoms with E-state index >= 15 is 0 Å². The molecule has 2 rings (SSSR count). The van der Waals surface area contributed by atoms with E-state index in [0.717, 1.165) is 44.1 Å². The lowest BCUT2D eigenvalue weighted by Gasteiger charge is -2.09. The standard InChI is InChI=1S/C11H18N2O2/c1-8-11(9(2)15-13-8)3-5-12-10-4-6-14-7-10/h10,12H,3-7H2,1-2H3. The SMILES string of the molecule is Cc1noc(C)c1CCNC1CCOC1. The van der Waals surface area contributed by atoms with E-state index in [1.165, 1.54) is 5.56 Å². The summed E-state index contributed by atoms with van der Waals surface area (Å²) < 4.78 is 10.4. The minimum absolute atomic E-state index is 0.533. The van der Waals surface area contributed by atoms with E-state index in [2.05, 4.69) is 10.5 Å². The number of aromatic nitrogens is 1. The molecule has 1 atom stereocenters. The molecule has 1 saturated heterocycles. The highest BCUT2D eigenvalue weighted by Gasteiger charge is 2.15. The van der Waals surface area contributed by atoms with E-state index in [0.29, 0.717) is 6.04 Å². The highest BCUT2D eigenvalue weighted by Crippen LogP contribution is 2.12. The molecule has 0 aliphatic carbocycles. The number of nitrogens with zero attached hydrogens (tertiary/aromatic N) is 1. The van der Waals surface area contributed by atoms with Gasteiger partial charge in [0.05, 0.1) is 12.3 Å². The molecule has 2 heterocycles. The number of hydrogen-bond acceptors (Lipinski definition) is 4. The Hall–Kier alpha value is -0.870. The van der Waals surface area contributed by atoms with Crippen molar-refractivity contribution in [3.63, 3.8) is 0 Å². The van der Waals surface area contributed by atoms with Crippen LogP contribution < -0.4 is 5.32 Å². The van der Waals surface area contributed by atoms with Gasteiger partial charge in [0.25, 0.3) is 0 Å². The van der Waals surface area contributed by atoms with Gasteiger partial charge in [0.1, 0.15) is 5.76 Å². The molecule has 0 amide bonds. The van der Waals surface area contributed by atoms with Gasteiger partial charge in [-0.15, -0.1) is 0 Å². The van der Waals surface area contributed by atoms with Gasteiger partial charge in [-0.1, -0.05) is 5.16 Å². The lowest BCUT2D eigenvalue weighted by Crippen LogP contribution is -2.31. The van der Waals surface area contributed by atoms with Crippen LogP contribution in [0.25, 0.3) is 0 Å². The van der Waals surface area contributed by atoms with Gasteiger partial charge in [-0.05, 0) is 33.2 Å². The molecule has 0 spiro atoms. The zero-order valence-corrected chi connectivity index (χ0v) is 9.38. The Bertz CT molecular complexity index is 297. The molecule has 0 saturated carbocycles. The molecule has 4 nitrogen and oxygen atoms in total. The Morgan fingerprint density at radius 3 is 2.93 bits per heavy atom. The number of rotatable bonds is 4. The Kier molecular flexibility index (Phi) is 3.38. The molecule has 1 N–H and O–H groups in total. The molecule has 1 aliphatic rings.